The monoisotopic (exact) mass is 224 g/mol. The third kappa shape index (κ3) is 1.39. The van der Waals surface area contributed by atoms with Crippen molar-refractivity contribution in [1.82, 2.24) is 5.32 Å². The second-order valence-electron chi connectivity index (χ2n) is 5.56. The van der Waals surface area contributed by atoms with E-state index in [1.807, 2.05) is 0 Å². The minimum Gasteiger partial charge on any atom is -0.460 e. The quantitative estimate of drug-likeness (QED) is 0.633. The van der Waals surface area contributed by atoms with E-state index in [0.717, 1.165) is 18.9 Å². The maximum absolute atomic E-state index is 11.5. The molecule has 90 valence electrons. The molecule has 0 amide bonds. The van der Waals surface area contributed by atoms with Gasteiger partial charge >= 0.3 is 5.97 Å². The van der Waals surface area contributed by atoms with E-state index in [1.165, 1.54) is 19.3 Å². The maximum atomic E-state index is 11.5. The normalized spacial score (nSPS) is 47.1. The minimum absolute atomic E-state index is 0.00273. The molecule has 4 unspecified atom stereocenters. The lowest BCUT2D eigenvalue weighted by molar-refractivity contribution is -0.141. The van der Waals surface area contributed by atoms with E-state index >= 15 is 0 Å². The summed E-state index contributed by atoms with van der Waals surface area (Å²) in [6.07, 6.45) is 5.34. The molecule has 3 rings (SSSR count). The van der Waals surface area contributed by atoms with Crippen LogP contribution in [0.3, 0.4) is 0 Å². The van der Waals surface area contributed by atoms with Crippen molar-refractivity contribution in [1.29, 1.82) is 0 Å². The van der Waals surface area contributed by atoms with Gasteiger partial charge in [-0.2, -0.15) is 0 Å². The number of nitrogens with one attached hydrogen (secondary N) is 1. The number of carbonyl (C=O) groups is 1. The van der Waals surface area contributed by atoms with E-state index in [2.05, 4.69) is 5.32 Å². The predicted molar refractivity (Wildman–Crippen MR) is 59.7 cm³/mol. The summed E-state index contributed by atoms with van der Waals surface area (Å²) in [6, 6.07) is 0.444. The standard InChI is InChI=1S/C12H20N2O2/c13-7-10-12(6-11(15)16-10)3-1-8-2-4-14-9(12)5-8/h8-10,14H,1-7,13H2. The van der Waals surface area contributed by atoms with Crippen LogP contribution in [0.15, 0.2) is 0 Å². The number of cyclic esters (lactones) is 1. The number of esters is 1. The number of nitrogens with two attached hydrogens (primary N) is 1. The van der Waals surface area contributed by atoms with Gasteiger partial charge in [-0.15, -0.1) is 0 Å². The van der Waals surface area contributed by atoms with Crippen LogP contribution in [0.4, 0.5) is 0 Å². The molecular weight excluding hydrogens is 204 g/mol. The molecule has 4 heteroatoms. The smallest absolute Gasteiger partial charge is 0.306 e. The molecule has 3 aliphatic rings. The molecule has 4 nitrogen and oxygen atoms in total. The van der Waals surface area contributed by atoms with E-state index in [1.54, 1.807) is 0 Å². The molecular formula is C12H20N2O2. The summed E-state index contributed by atoms with van der Waals surface area (Å²) < 4.78 is 5.39. The second kappa shape index (κ2) is 3.70. The third-order valence-corrected chi connectivity index (χ3v) is 4.83. The summed E-state index contributed by atoms with van der Waals surface area (Å²) in [5.41, 5.74) is 5.77. The van der Waals surface area contributed by atoms with Crippen molar-refractivity contribution in [3.05, 3.63) is 0 Å². The Hall–Kier alpha value is -0.610. The Kier molecular flexibility index (Phi) is 2.44. The Morgan fingerprint density at radius 3 is 3.19 bits per heavy atom. The molecule has 3 N–H and O–H groups in total. The zero-order valence-electron chi connectivity index (χ0n) is 9.58. The molecule has 2 heterocycles. The fourth-order valence-corrected chi connectivity index (χ4v) is 3.92. The Labute approximate surface area is 95.9 Å². The Bertz CT molecular complexity index is 307. The predicted octanol–water partition coefficient (Wildman–Crippen LogP) is 0.409. The molecule has 16 heavy (non-hydrogen) atoms. The molecule has 1 saturated carbocycles. The fourth-order valence-electron chi connectivity index (χ4n) is 3.92. The van der Waals surface area contributed by atoms with Crippen LogP contribution >= 0.6 is 0 Å². The van der Waals surface area contributed by atoms with Crippen molar-refractivity contribution in [3.63, 3.8) is 0 Å². The van der Waals surface area contributed by atoms with Gasteiger partial charge in [0.2, 0.25) is 0 Å². The van der Waals surface area contributed by atoms with E-state index in [0.29, 0.717) is 19.0 Å². The summed E-state index contributed by atoms with van der Waals surface area (Å²) in [7, 11) is 0. The van der Waals surface area contributed by atoms with Crippen LogP contribution in [0.25, 0.3) is 0 Å². The molecule has 4 atom stereocenters. The molecule has 1 spiro atoms. The number of rotatable bonds is 1. The molecule has 1 aliphatic carbocycles. The van der Waals surface area contributed by atoms with Gasteiger partial charge in [0.05, 0.1) is 6.42 Å². The Morgan fingerprint density at radius 2 is 2.38 bits per heavy atom. The first-order valence-electron chi connectivity index (χ1n) is 6.37. The zero-order chi connectivity index (χ0) is 11.2. The van der Waals surface area contributed by atoms with Gasteiger partial charge in [-0.3, -0.25) is 4.79 Å². The van der Waals surface area contributed by atoms with E-state index in [4.69, 9.17) is 10.5 Å². The SMILES string of the molecule is NCC1OC(=O)CC12CCC1CCNC2C1. The van der Waals surface area contributed by atoms with Crippen molar-refractivity contribution < 1.29 is 9.53 Å². The summed E-state index contributed by atoms with van der Waals surface area (Å²) >= 11 is 0. The number of ether oxygens (including phenoxy) is 1. The van der Waals surface area contributed by atoms with Crippen LogP contribution in [0.1, 0.15) is 32.1 Å². The van der Waals surface area contributed by atoms with Crippen LogP contribution in [0.5, 0.6) is 0 Å². The first-order valence-corrected chi connectivity index (χ1v) is 6.37. The number of hydrogen-bond donors (Lipinski definition) is 2. The number of piperidine rings is 1. The van der Waals surface area contributed by atoms with Gasteiger partial charge in [0.1, 0.15) is 6.10 Å². The van der Waals surface area contributed by atoms with Gasteiger partial charge in [0.15, 0.2) is 0 Å². The van der Waals surface area contributed by atoms with Crippen LogP contribution in [0, 0.1) is 11.3 Å². The largest absolute Gasteiger partial charge is 0.460 e. The number of hydrogen-bond acceptors (Lipinski definition) is 4. The highest BCUT2D eigenvalue weighted by atomic mass is 16.6. The minimum atomic E-state index is -0.0588. The first kappa shape index (κ1) is 10.5. The van der Waals surface area contributed by atoms with E-state index < -0.39 is 0 Å². The topological polar surface area (TPSA) is 64.3 Å². The highest BCUT2D eigenvalue weighted by molar-refractivity contribution is 5.73. The average molecular weight is 224 g/mol. The molecule has 0 aromatic carbocycles. The van der Waals surface area contributed by atoms with Gasteiger partial charge in [-0.05, 0) is 38.1 Å². The molecule has 2 aliphatic heterocycles. The van der Waals surface area contributed by atoms with Crippen molar-refractivity contribution in [2.24, 2.45) is 17.1 Å². The third-order valence-electron chi connectivity index (χ3n) is 4.83. The van der Waals surface area contributed by atoms with Crippen LogP contribution < -0.4 is 11.1 Å². The van der Waals surface area contributed by atoms with Gasteiger partial charge in [-0.1, -0.05) is 0 Å². The fraction of sp³-hybridized carbons (Fsp3) is 0.917. The zero-order valence-corrected chi connectivity index (χ0v) is 9.58. The molecule has 2 bridgehead atoms. The highest BCUT2D eigenvalue weighted by Gasteiger charge is 2.55. The lowest BCUT2D eigenvalue weighted by Gasteiger charge is -2.49. The maximum Gasteiger partial charge on any atom is 0.306 e. The lowest BCUT2D eigenvalue weighted by Crippen LogP contribution is -2.57. The number of carbonyl (C=O) groups excluding carboxylic acids is 1. The van der Waals surface area contributed by atoms with E-state index in [9.17, 15) is 4.79 Å². The van der Waals surface area contributed by atoms with Gasteiger partial charge < -0.3 is 15.8 Å². The summed E-state index contributed by atoms with van der Waals surface area (Å²) in [5, 5.41) is 3.58. The first-order chi connectivity index (χ1) is 7.74. The van der Waals surface area contributed by atoms with Crippen LogP contribution in [-0.4, -0.2) is 31.2 Å². The van der Waals surface area contributed by atoms with Crippen molar-refractivity contribution in [2.75, 3.05) is 13.1 Å². The Balaban J connectivity index is 1.88. The highest BCUT2D eigenvalue weighted by Crippen LogP contribution is 2.50. The molecule has 0 aromatic heterocycles. The van der Waals surface area contributed by atoms with Crippen LogP contribution in [-0.2, 0) is 9.53 Å². The second-order valence-corrected chi connectivity index (χ2v) is 5.56. The average Bonchev–Trinajstić information content (AvgIpc) is 2.63. The summed E-state index contributed by atoms with van der Waals surface area (Å²) in [4.78, 5) is 11.5. The number of fused-ring (bicyclic) bond motifs is 3. The molecule has 0 aromatic rings. The van der Waals surface area contributed by atoms with Crippen molar-refractivity contribution in [3.8, 4) is 0 Å². The van der Waals surface area contributed by atoms with Crippen molar-refractivity contribution >= 4 is 5.97 Å². The van der Waals surface area contributed by atoms with Crippen LogP contribution in [0.2, 0.25) is 0 Å². The van der Waals surface area contributed by atoms with Gasteiger partial charge in [-0.25, -0.2) is 0 Å². The lowest BCUT2D eigenvalue weighted by atomic mass is 9.61. The van der Waals surface area contributed by atoms with Gasteiger partial charge in [0, 0.05) is 18.0 Å². The van der Waals surface area contributed by atoms with E-state index in [-0.39, 0.29) is 17.5 Å². The molecule has 0 radical (unpaired) electrons. The van der Waals surface area contributed by atoms with Gasteiger partial charge in [0.25, 0.3) is 0 Å². The molecule has 3 fully saturated rings. The molecule has 2 saturated heterocycles. The van der Waals surface area contributed by atoms with Crippen molar-refractivity contribution in [2.45, 2.75) is 44.2 Å². The summed E-state index contributed by atoms with van der Waals surface area (Å²) in [5.74, 6) is 0.798. The summed E-state index contributed by atoms with van der Waals surface area (Å²) in [6.45, 7) is 1.55. The Morgan fingerprint density at radius 1 is 1.50 bits per heavy atom.